The molecule has 1 aliphatic rings. The highest BCUT2D eigenvalue weighted by Gasteiger charge is 2.24. The quantitative estimate of drug-likeness (QED) is 0.736. The summed E-state index contributed by atoms with van der Waals surface area (Å²) >= 11 is 7.22. The highest BCUT2D eigenvalue weighted by Crippen LogP contribution is 2.30. The van der Waals surface area contributed by atoms with Crippen molar-refractivity contribution in [2.45, 2.75) is 25.8 Å². The van der Waals surface area contributed by atoms with Gasteiger partial charge < -0.3 is 16.0 Å². The Morgan fingerprint density at radius 3 is 2.79 bits per heavy atom. The molecule has 0 radical (unpaired) electrons. The minimum atomic E-state index is 0.226. The van der Waals surface area contributed by atoms with Crippen molar-refractivity contribution in [3.63, 3.8) is 0 Å². The monoisotopic (exact) mass is 453 g/mol. The topological polar surface area (TPSA) is 67.1 Å². The standard InChI is InChI=1S/C17H21Br2N5/c1-10(2)14-8-16(23-17(20)22-14)24-6-5-21-15(9-24)12-7-11(18)3-4-13(12)19/h3-4,7-8,10,15,21H,5-6,9H2,1-2H3,(H2,20,22,23). The Morgan fingerprint density at radius 2 is 2.04 bits per heavy atom. The van der Waals surface area contributed by atoms with E-state index in [4.69, 9.17) is 5.73 Å². The molecule has 0 bridgehead atoms. The fraction of sp³-hybridized carbons (Fsp3) is 0.412. The predicted molar refractivity (Wildman–Crippen MR) is 105 cm³/mol. The second kappa shape index (κ2) is 7.37. The molecule has 3 rings (SSSR count). The summed E-state index contributed by atoms with van der Waals surface area (Å²) in [6, 6.07) is 8.54. The number of nitrogen functional groups attached to an aromatic ring is 1. The smallest absolute Gasteiger partial charge is 0.222 e. The zero-order chi connectivity index (χ0) is 17.3. The Kier molecular flexibility index (Phi) is 5.42. The Bertz CT molecular complexity index is 735. The largest absolute Gasteiger partial charge is 0.368 e. The third-order valence-corrected chi connectivity index (χ3v) is 5.39. The van der Waals surface area contributed by atoms with E-state index in [9.17, 15) is 0 Å². The lowest BCUT2D eigenvalue weighted by Gasteiger charge is -2.35. The lowest BCUT2D eigenvalue weighted by molar-refractivity contribution is 0.468. The van der Waals surface area contributed by atoms with Crippen LogP contribution in [0.2, 0.25) is 0 Å². The van der Waals surface area contributed by atoms with Crippen LogP contribution in [0.1, 0.15) is 37.1 Å². The summed E-state index contributed by atoms with van der Waals surface area (Å²) in [5.74, 6) is 1.57. The van der Waals surface area contributed by atoms with E-state index in [2.05, 4.69) is 84.1 Å². The molecule has 5 nitrogen and oxygen atoms in total. The van der Waals surface area contributed by atoms with Gasteiger partial charge in [0.05, 0.1) is 11.7 Å². The molecule has 1 unspecified atom stereocenters. The van der Waals surface area contributed by atoms with Crippen LogP contribution in [0.25, 0.3) is 0 Å². The first-order valence-electron chi connectivity index (χ1n) is 8.02. The maximum Gasteiger partial charge on any atom is 0.222 e. The molecule has 0 saturated carbocycles. The number of aromatic nitrogens is 2. The summed E-state index contributed by atoms with van der Waals surface area (Å²) in [7, 11) is 0. The van der Waals surface area contributed by atoms with E-state index < -0.39 is 0 Å². The number of anilines is 2. The van der Waals surface area contributed by atoms with Crippen molar-refractivity contribution in [2.24, 2.45) is 0 Å². The van der Waals surface area contributed by atoms with Crippen LogP contribution in [0, 0.1) is 0 Å². The molecule has 128 valence electrons. The fourth-order valence-electron chi connectivity index (χ4n) is 2.88. The van der Waals surface area contributed by atoms with Gasteiger partial charge in [0.15, 0.2) is 0 Å². The van der Waals surface area contributed by atoms with E-state index in [1.54, 1.807) is 0 Å². The highest BCUT2D eigenvalue weighted by atomic mass is 79.9. The van der Waals surface area contributed by atoms with Gasteiger partial charge in [-0.1, -0.05) is 45.7 Å². The van der Waals surface area contributed by atoms with Gasteiger partial charge in [-0.2, -0.15) is 4.98 Å². The van der Waals surface area contributed by atoms with Crippen molar-refractivity contribution in [2.75, 3.05) is 30.3 Å². The van der Waals surface area contributed by atoms with E-state index in [1.165, 1.54) is 5.56 Å². The summed E-state index contributed by atoms with van der Waals surface area (Å²) in [6.07, 6.45) is 0. The number of piperazine rings is 1. The van der Waals surface area contributed by atoms with Gasteiger partial charge in [-0.25, -0.2) is 4.98 Å². The zero-order valence-electron chi connectivity index (χ0n) is 13.8. The first-order chi connectivity index (χ1) is 11.4. The third-order valence-electron chi connectivity index (χ3n) is 4.17. The number of nitrogens with zero attached hydrogens (tertiary/aromatic N) is 3. The minimum Gasteiger partial charge on any atom is -0.368 e. The molecule has 0 spiro atoms. The molecule has 7 heteroatoms. The van der Waals surface area contributed by atoms with Crippen molar-refractivity contribution in [3.05, 3.63) is 44.5 Å². The van der Waals surface area contributed by atoms with E-state index >= 15 is 0 Å². The molecule has 1 aromatic carbocycles. The zero-order valence-corrected chi connectivity index (χ0v) is 16.9. The molecule has 2 heterocycles. The van der Waals surface area contributed by atoms with Crippen molar-refractivity contribution in [1.29, 1.82) is 0 Å². The number of halogens is 2. The van der Waals surface area contributed by atoms with Gasteiger partial charge in [0.2, 0.25) is 5.95 Å². The summed E-state index contributed by atoms with van der Waals surface area (Å²) < 4.78 is 2.18. The third kappa shape index (κ3) is 3.90. The van der Waals surface area contributed by atoms with Gasteiger partial charge in [0, 0.05) is 34.6 Å². The van der Waals surface area contributed by atoms with Crippen molar-refractivity contribution in [3.8, 4) is 0 Å². The normalized spacial score (nSPS) is 18.2. The second-order valence-corrected chi connectivity index (χ2v) is 8.05. The van der Waals surface area contributed by atoms with Gasteiger partial charge in [0.25, 0.3) is 0 Å². The molecule has 0 aliphatic carbocycles. The Balaban J connectivity index is 1.87. The summed E-state index contributed by atoms with van der Waals surface area (Å²) in [4.78, 5) is 11.1. The van der Waals surface area contributed by atoms with Crippen LogP contribution in [0.5, 0.6) is 0 Å². The van der Waals surface area contributed by atoms with Crippen LogP contribution >= 0.6 is 31.9 Å². The van der Waals surface area contributed by atoms with Gasteiger partial charge in [-0.3, -0.25) is 0 Å². The SMILES string of the molecule is CC(C)c1cc(N2CCNC(c3cc(Br)ccc3Br)C2)nc(N)n1. The molecule has 1 fully saturated rings. The molecule has 1 aliphatic heterocycles. The van der Waals surface area contributed by atoms with Crippen LogP contribution in [0.4, 0.5) is 11.8 Å². The number of nitrogens with one attached hydrogen (secondary N) is 1. The van der Waals surface area contributed by atoms with Crippen LogP contribution in [-0.4, -0.2) is 29.6 Å². The van der Waals surface area contributed by atoms with Crippen LogP contribution in [0.3, 0.4) is 0 Å². The van der Waals surface area contributed by atoms with Crippen LogP contribution in [0.15, 0.2) is 33.2 Å². The molecule has 1 aromatic heterocycles. The van der Waals surface area contributed by atoms with Gasteiger partial charge in [-0.05, 0) is 29.7 Å². The summed E-state index contributed by atoms with van der Waals surface area (Å²) in [5, 5.41) is 3.59. The first kappa shape index (κ1) is 17.6. The molecule has 1 atom stereocenters. The number of hydrogen-bond donors (Lipinski definition) is 2. The lowest BCUT2D eigenvalue weighted by atomic mass is 10.0. The van der Waals surface area contributed by atoms with Gasteiger partial charge in [0.1, 0.15) is 5.82 Å². The molecule has 24 heavy (non-hydrogen) atoms. The summed E-state index contributed by atoms with van der Waals surface area (Å²) in [6.45, 7) is 6.86. The Hall–Kier alpha value is -1.18. The van der Waals surface area contributed by atoms with E-state index in [0.29, 0.717) is 11.9 Å². The maximum atomic E-state index is 5.92. The second-order valence-electron chi connectivity index (χ2n) is 6.28. The van der Waals surface area contributed by atoms with Crippen LogP contribution < -0.4 is 16.0 Å². The average Bonchev–Trinajstić information content (AvgIpc) is 2.56. The number of nitrogens with two attached hydrogens (primary N) is 1. The minimum absolute atomic E-state index is 0.226. The van der Waals surface area contributed by atoms with Crippen LogP contribution in [-0.2, 0) is 0 Å². The lowest BCUT2D eigenvalue weighted by Crippen LogP contribution is -2.46. The van der Waals surface area contributed by atoms with Crippen molar-refractivity contribution in [1.82, 2.24) is 15.3 Å². The van der Waals surface area contributed by atoms with E-state index in [-0.39, 0.29) is 6.04 Å². The number of hydrogen-bond acceptors (Lipinski definition) is 5. The number of benzene rings is 1. The predicted octanol–water partition coefficient (Wildman–Crippen LogP) is 3.86. The number of rotatable bonds is 3. The van der Waals surface area contributed by atoms with E-state index in [1.807, 2.05) is 6.07 Å². The molecule has 0 amide bonds. The maximum absolute atomic E-state index is 5.92. The molecular weight excluding hydrogens is 434 g/mol. The summed E-state index contributed by atoms with van der Waals surface area (Å²) in [5.41, 5.74) is 8.13. The average molecular weight is 455 g/mol. The molecule has 2 aromatic rings. The first-order valence-corrected chi connectivity index (χ1v) is 9.60. The van der Waals surface area contributed by atoms with E-state index in [0.717, 1.165) is 40.1 Å². The van der Waals surface area contributed by atoms with Crippen molar-refractivity contribution < 1.29 is 0 Å². The molecule has 1 saturated heterocycles. The Morgan fingerprint density at radius 1 is 1.25 bits per heavy atom. The van der Waals surface area contributed by atoms with Crippen molar-refractivity contribution >= 4 is 43.6 Å². The van der Waals surface area contributed by atoms with Gasteiger partial charge in [-0.15, -0.1) is 0 Å². The Labute approximate surface area is 159 Å². The van der Waals surface area contributed by atoms with Gasteiger partial charge >= 0.3 is 0 Å². The molecule has 3 N–H and O–H groups in total. The fourth-order valence-corrected chi connectivity index (χ4v) is 3.78. The highest BCUT2D eigenvalue weighted by molar-refractivity contribution is 9.11. The molecular formula is C17H21Br2N5.